The zero-order valence-corrected chi connectivity index (χ0v) is 10.0. The van der Waals surface area contributed by atoms with Crippen molar-refractivity contribution in [1.29, 1.82) is 0 Å². The Morgan fingerprint density at radius 2 is 2.00 bits per heavy atom. The molecule has 1 aliphatic rings. The lowest BCUT2D eigenvalue weighted by molar-refractivity contribution is 0.394. The lowest BCUT2D eigenvalue weighted by atomic mass is 9.84. The Kier molecular flexibility index (Phi) is 2.45. The van der Waals surface area contributed by atoms with Gasteiger partial charge in [-0.2, -0.15) is 0 Å². The van der Waals surface area contributed by atoms with Crippen molar-refractivity contribution in [3.8, 4) is 5.75 Å². The first-order chi connectivity index (χ1) is 7.04. The molecule has 82 valence electrons. The van der Waals surface area contributed by atoms with Crippen molar-refractivity contribution in [3.05, 3.63) is 23.5 Å². The second-order valence-electron chi connectivity index (χ2n) is 5.30. The summed E-state index contributed by atoms with van der Waals surface area (Å²) in [6.07, 6.45) is 4.42. The van der Waals surface area contributed by atoms with Gasteiger partial charge in [0.25, 0.3) is 0 Å². The van der Waals surface area contributed by atoms with Crippen LogP contribution < -0.4 is 4.74 Å². The molecule has 1 aromatic rings. The van der Waals surface area contributed by atoms with Crippen molar-refractivity contribution in [2.24, 2.45) is 0 Å². The SMILES string of the molecule is COc1ccnc(C2CC2)c1C(C)(C)C. The first-order valence-electron chi connectivity index (χ1n) is 5.57. The van der Waals surface area contributed by atoms with Crippen LogP contribution in [0.25, 0.3) is 0 Å². The summed E-state index contributed by atoms with van der Waals surface area (Å²) in [6, 6.07) is 1.96. The van der Waals surface area contributed by atoms with Crippen LogP contribution in [-0.4, -0.2) is 12.1 Å². The van der Waals surface area contributed by atoms with Crippen LogP contribution in [0.1, 0.15) is 50.8 Å². The summed E-state index contributed by atoms with van der Waals surface area (Å²) in [5.74, 6) is 1.66. The van der Waals surface area contributed by atoms with E-state index in [2.05, 4.69) is 25.8 Å². The van der Waals surface area contributed by atoms with Crippen LogP contribution in [0.15, 0.2) is 12.3 Å². The summed E-state index contributed by atoms with van der Waals surface area (Å²) < 4.78 is 5.45. The van der Waals surface area contributed by atoms with Crippen molar-refractivity contribution < 1.29 is 4.74 Å². The van der Waals surface area contributed by atoms with Gasteiger partial charge in [0.2, 0.25) is 0 Å². The van der Waals surface area contributed by atoms with Crippen LogP contribution >= 0.6 is 0 Å². The maximum atomic E-state index is 5.45. The van der Waals surface area contributed by atoms with E-state index in [0.717, 1.165) is 5.75 Å². The quantitative estimate of drug-likeness (QED) is 0.739. The van der Waals surface area contributed by atoms with Gasteiger partial charge < -0.3 is 4.74 Å². The normalized spacial score (nSPS) is 16.5. The fourth-order valence-corrected chi connectivity index (χ4v) is 2.05. The van der Waals surface area contributed by atoms with Gasteiger partial charge in [0.05, 0.1) is 12.8 Å². The summed E-state index contributed by atoms with van der Waals surface area (Å²) in [6.45, 7) is 6.66. The van der Waals surface area contributed by atoms with Crippen LogP contribution in [0.3, 0.4) is 0 Å². The van der Waals surface area contributed by atoms with Crippen LogP contribution in [0.4, 0.5) is 0 Å². The van der Waals surface area contributed by atoms with E-state index in [1.807, 2.05) is 12.3 Å². The molecular formula is C13H19NO. The van der Waals surface area contributed by atoms with E-state index in [0.29, 0.717) is 5.92 Å². The molecule has 0 aromatic carbocycles. The summed E-state index contributed by atoms with van der Waals surface area (Å²) >= 11 is 0. The monoisotopic (exact) mass is 205 g/mol. The molecule has 0 bridgehead atoms. The molecule has 0 amide bonds. The number of rotatable bonds is 2. The third kappa shape index (κ3) is 1.99. The van der Waals surface area contributed by atoms with Gasteiger partial charge in [-0.25, -0.2) is 0 Å². The highest BCUT2D eigenvalue weighted by Gasteiger charge is 2.33. The number of pyridine rings is 1. The zero-order valence-electron chi connectivity index (χ0n) is 10.0. The van der Waals surface area contributed by atoms with E-state index in [1.165, 1.54) is 24.1 Å². The smallest absolute Gasteiger partial charge is 0.125 e. The molecule has 2 heteroatoms. The zero-order chi connectivity index (χ0) is 11.1. The molecule has 1 heterocycles. The first kappa shape index (κ1) is 10.5. The Labute approximate surface area is 91.7 Å². The molecule has 0 radical (unpaired) electrons. The lowest BCUT2D eigenvalue weighted by Crippen LogP contribution is -2.16. The minimum atomic E-state index is 0.109. The van der Waals surface area contributed by atoms with Gasteiger partial charge in [-0.15, -0.1) is 0 Å². The Morgan fingerprint density at radius 1 is 1.33 bits per heavy atom. The fraction of sp³-hybridized carbons (Fsp3) is 0.615. The molecular weight excluding hydrogens is 186 g/mol. The van der Waals surface area contributed by atoms with E-state index >= 15 is 0 Å². The molecule has 0 saturated heterocycles. The highest BCUT2D eigenvalue weighted by molar-refractivity contribution is 5.43. The summed E-state index contributed by atoms with van der Waals surface area (Å²) in [7, 11) is 1.74. The van der Waals surface area contributed by atoms with E-state index in [9.17, 15) is 0 Å². The van der Waals surface area contributed by atoms with E-state index in [4.69, 9.17) is 4.74 Å². The Morgan fingerprint density at radius 3 is 2.47 bits per heavy atom. The van der Waals surface area contributed by atoms with E-state index in [1.54, 1.807) is 7.11 Å². The van der Waals surface area contributed by atoms with Gasteiger partial charge in [-0.3, -0.25) is 4.98 Å². The average Bonchev–Trinajstić information content (AvgIpc) is 2.98. The van der Waals surface area contributed by atoms with Gasteiger partial charge in [0.1, 0.15) is 5.75 Å². The van der Waals surface area contributed by atoms with Crippen LogP contribution in [0, 0.1) is 0 Å². The van der Waals surface area contributed by atoms with Crippen LogP contribution in [0.5, 0.6) is 5.75 Å². The number of ether oxygens (including phenoxy) is 1. The minimum Gasteiger partial charge on any atom is -0.496 e. The summed E-state index contributed by atoms with van der Waals surface area (Å²) in [5, 5.41) is 0. The Balaban J connectivity index is 2.54. The first-order valence-corrected chi connectivity index (χ1v) is 5.57. The Bertz CT molecular complexity index is 361. The second kappa shape index (κ2) is 3.51. The van der Waals surface area contributed by atoms with E-state index < -0.39 is 0 Å². The molecule has 0 N–H and O–H groups in total. The Hall–Kier alpha value is -1.05. The average molecular weight is 205 g/mol. The fourth-order valence-electron chi connectivity index (χ4n) is 2.05. The van der Waals surface area contributed by atoms with Crippen molar-refractivity contribution in [3.63, 3.8) is 0 Å². The molecule has 0 aliphatic heterocycles. The third-order valence-corrected chi connectivity index (χ3v) is 2.88. The number of hydrogen-bond donors (Lipinski definition) is 0. The molecule has 1 fully saturated rings. The largest absolute Gasteiger partial charge is 0.496 e. The van der Waals surface area contributed by atoms with Gasteiger partial charge in [-0.05, 0) is 24.3 Å². The molecule has 2 nitrogen and oxygen atoms in total. The molecule has 2 rings (SSSR count). The number of hydrogen-bond acceptors (Lipinski definition) is 2. The predicted octanol–water partition coefficient (Wildman–Crippen LogP) is 3.27. The highest BCUT2D eigenvalue weighted by Crippen LogP contribution is 2.45. The van der Waals surface area contributed by atoms with Crippen molar-refractivity contribution in [2.75, 3.05) is 7.11 Å². The van der Waals surface area contributed by atoms with Gasteiger partial charge in [0.15, 0.2) is 0 Å². The summed E-state index contributed by atoms with van der Waals surface area (Å²) in [4.78, 5) is 4.54. The highest BCUT2D eigenvalue weighted by atomic mass is 16.5. The van der Waals surface area contributed by atoms with Crippen molar-refractivity contribution >= 4 is 0 Å². The summed E-state index contributed by atoms with van der Waals surface area (Å²) in [5.41, 5.74) is 2.65. The predicted molar refractivity (Wildman–Crippen MR) is 61.5 cm³/mol. The maximum absolute atomic E-state index is 5.45. The molecule has 1 saturated carbocycles. The third-order valence-electron chi connectivity index (χ3n) is 2.88. The van der Waals surface area contributed by atoms with Crippen LogP contribution in [0.2, 0.25) is 0 Å². The minimum absolute atomic E-state index is 0.109. The molecule has 0 unspecified atom stereocenters. The van der Waals surface area contributed by atoms with Gasteiger partial charge in [0, 0.05) is 17.7 Å². The molecule has 0 spiro atoms. The standard InChI is InChI=1S/C13H19NO/c1-13(2,3)11-10(15-4)7-8-14-12(11)9-5-6-9/h7-9H,5-6H2,1-4H3. The molecule has 1 aromatic heterocycles. The van der Waals surface area contributed by atoms with E-state index in [-0.39, 0.29) is 5.41 Å². The molecule has 15 heavy (non-hydrogen) atoms. The number of methoxy groups -OCH3 is 1. The van der Waals surface area contributed by atoms with Crippen molar-refractivity contribution in [1.82, 2.24) is 4.98 Å². The maximum Gasteiger partial charge on any atom is 0.125 e. The number of aromatic nitrogens is 1. The molecule has 0 atom stereocenters. The van der Waals surface area contributed by atoms with Gasteiger partial charge >= 0.3 is 0 Å². The second-order valence-corrected chi connectivity index (χ2v) is 5.30. The van der Waals surface area contributed by atoms with Crippen molar-refractivity contribution in [2.45, 2.75) is 44.9 Å². The van der Waals surface area contributed by atoms with Crippen LogP contribution in [-0.2, 0) is 5.41 Å². The van der Waals surface area contributed by atoms with Gasteiger partial charge in [-0.1, -0.05) is 20.8 Å². The topological polar surface area (TPSA) is 22.1 Å². The number of nitrogens with zero attached hydrogens (tertiary/aromatic N) is 1. The molecule has 1 aliphatic carbocycles. The lowest BCUT2D eigenvalue weighted by Gasteiger charge is -2.24.